The Bertz CT molecular complexity index is 738. The van der Waals surface area contributed by atoms with E-state index in [2.05, 4.69) is 5.32 Å². The molecule has 1 aliphatic rings. The van der Waals surface area contributed by atoms with Gasteiger partial charge in [-0.1, -0.05) is 6.92 Å². The SMILES string of the molecule is CCC(C)(C)NC(=O)CCc1cc(S(=O)(=O)N2CCCC2)ccc1OC. The minimum Gasteiger partial charge on any atom is -0.496 e. The Labute approximate surface area is 157 Å². The summed E-state index contributed by atoms with van der Waals surface area (Å²) in [5, 5.41) is 3.00. The van der Waals surface area contributed by atoms with Crippen molar-refractivity contribution in [2.24, 2.45) is 0 Å². The van der Waals surface area contributed by atoms with E-state index in [4.69, 9.17) is 4.74 Å². The van der Waals surface area contributed by atoms with Crippen LogP contribution in [0.4, 0.5) is 0 Å². The van der Waals surface area contributed by atoms with Crippen LogP contribution in [0.3, 0.4) is 0 Å². The molecule has 7 heteroatoms. The van der Waals surface area contributed by atoms with Crippen LogP contribution in [0.1, 0.15) is 52.0 Å². The van der Waals surface area contributed by atoms with Crippen molar-refractivity contribution in [3.05, 3.63) is 23.8 Å². The summed E-state index contributed by atoms with van der Waals surface area (Å²) in [7, 11) is -1.93. The molecule has 0 unspecified atom stereocenters. The van der Waals surface area contributed by atoms with Crippen LogP contribution < -0.4 is 10.1 Å². The van der Waals surface area contributed by atoms with Gasteiger partial charge in [-0.15, -0.1) is 0 Å². The fraction of sp³-hybridized carbons (Fsp3) is 0.632. The molecule has 0 saturated carbocycles. The predicted molar refractivity (Wildman–Crippen MR) is 102 cm³/mol. The molecule has 1 aromatic rings. The lowest BCUT2D eigenvalue weighted by atomic mass is 10.0. The molecule has 0 spiro atoms. The van der Waals surface area contributed by atoms with Gasteiger partial charge in [0.25, 0.3) is 0 Å². The third kappa shape index (κ3) is 4.98. The highest BCUT2D eigenvalue weighted by Crippen LogP contribution is 2.27. The summed E-state index contributed by atoms with van der Waals surface area (Å²) in [4.78, 5) is 12.5. The second kappa shape index (κ2) is 8.39. The van der Waals surface area contributed by atoms with Gasteiger partial charge in [0, 0.05) is 25.0 Å². The third-order valence-electron chi connectivity index (χ3n) is 4.94. The highest BCUT2D eigenvalue weighted by molar-refractivity contribution is 7.89. The Kier molecular flexibility index (Phi) is 6.69. The quantitative estimate of drug-likeness (QED) is 0.750. The summed E-state index contributed by atoms with van der Waals surface area (Å²) in [5.74, 6) is 0.555. The second-order valence-electron chi connectivity index (χ2n) is 7.37. The number of nitrogens with one attached hydrogen (secondary N) is 1. The molecule has 0 aliphatic carbocycles. The number of ether oxygens (including phenoxy) is 1. The van der Waals surface area contributed by atoms with E-state index in [-0.39, 0.29) is 22.8 Å². The zero-order valence-electron chi connectivity index (χ0n) is 16.2. The van der Waals surface area contributed by atoms with Crippen molar-refractivity contribution < 1.29 is 17.9 Å². The van der Waals surface area contributed by atoms with Gasteiger partial charge in [0.15, 0.2) is 0 Å². The molecule has 6 nitrogen and oxygen atoms in total. The molecule has 1 amide bonds. The monoisotopic (exact) mass is 382 g/mol. The van der Waals surface area contributed by atoms with Crippen LogP contribution in [-0.4, -0.2) is 44.4 Å². The molecule has 1 aromatic carbocycles. The lowest BCUT2D eigenvalue weighted by Crippen LogP contribution is -2.42. The number of sulfonamides is 1. The molecule has 1 aliphatic heterocycles. The van der Waals surface area contributed by atoms with E-state index in [1.165, 1.54) is 4.31 Å². The Balaban J connectivity index is 2.16. The summed E-state index contributed by atoms with van der Waals surface area (Å²) in [5.41, 5.74) is 0.486. The molecule has 2 rings (SSSR count). The van der Waals surface area contributed by atoms with Gasteiger partial charge in [0.2, 0.25) is 15.9 Å². The molecule has 0 aromatic heterocycles. The Morgan fingerprint density at radius 2 is 1.92 bits per heavy atom. The van der Waals surface area contributed by atoms with Gasteiger partial charge in [-0.2, -0.15) is 4.31 Å². The molecule has 1 N–H and O–H groups in total. The van der Waals surface area contributed by atoms with Crippen LogP contribution in [0.25, 0.3) is 0 Å². The van der Waals surface area contributed by atoms with Gasteiger partial charge in [-0.05, 0) is 63.3 Å². The molecule has 0 bridgehead atoms. The highest BCUT2D eigenvalue weighted by Gasteiger charge is 2.28. The first-order chi connectivity index (χ1) is 12.2. The Morgan fingerprint density at radius 3 is 2.50 bits per heavy atom. The van der Waals surface area contributed by atoms with E-state index in [0.717, 1.165) is 24.8 Å². The van der Waals surface area contributed by atoms with E-state index in [1.807, 2.05) is 20.8 Å². The summed E-state index contributed by atoms with van der Waals surface area (Å²) in [6.07, 6.45) is 3.35. The zero-order chi connectivity index (χ0) is 19.4. The summed E-state index contributed by atoms with van der Waals surface area (Å²) in [6, 6.07) is 4.90. The fourth-order valence-electron chi connectivity index (χ4n) is 2.96. The number of amides is 1. The summed E-state index contributed by atoms with van der Waals surface area (Å²) >= 11 is 0. The molecule has 0 atom stereocenters. The van der Waals surface area contributed by atoms with E-state index in [9.17, 15) is 13.2 Å². The lowest BCUT2D eigenvalue weighted by molar-refractivity contribution is -0.122. The molecule has 1 heterocycles. The second-order valence-corrected chi connectivity index (χ2v) is 9.31. The van der Waals surface area contributed by atoms with Crippen LogP contribution >= 0.6 is 0 Å². The Hall–Kier alpha value is -1.60. The van der Waals surface area contributed by atoms with Crippen LogP contribution in [0, 0.1) is 0 Å². The Morgan fingerprint density at radius 1 is 1.27 bits per heavy atom. The number of carbonyl (C=O) groups is 1. The zero-order valence-corrected chi connectivity index (χ0v) is 17.0. The number of hydrogen-bond donors (Lipinski definition) is 1. The number of methoxy groups -OCH3 is 1. The maximum Gasteiger partial charge on any atom is 0.243 e. The van der Waals surface area contributed by atoms with Crippen LogP contribution in [0.15, 0.2) is 23.1 Å². The van der Waals surface area contributed by atoms with E-state index in [1.54, 1.807) is 25.3 Å². The summed E-state index contributed by atoms with van der Waals surface area (Å²) in [6.45, 7) is 7.12. The first-order valence-electron chi connectivity index (χ1n) is 9.17. The van der Waals surface area contributed by atoms with Crippen molar-refractivity contribution in [1.29, 1.82) is 0 Å². The lowest BCUT2D eigenvalue weighted by Gasteiger charge is -2.24. The number of rotatable bonds is 8. The van der Waals surface area contributed by atoms with E-state index in [0.29, 0.717) is 25.3 Å². The number of hydrogen-bond acceptors (Lipinski definition) is 4. The molecule has 1 saturated heterocycles. The normalized spacial score (nSPS) is 15.8. The van der Waals surface area contributed by atoms with E-state index >= 15 is 0 Å². The number of aryl methyl sites for hydroxylation is 1. The van der Waals surface area contributed by atoms with Crippen LogP contribution in [-0.2, 0) is 21.2 Å². The highest BCUT2D eigenvalue weighted by atomic mass is 32.2. The smallest absolute Gasteiger partial charge is 0.243 e. The van der Waals surface area contributed by atoms with Gasteiger partial charge in [-0.3, -0.25) is 4.79 Å². The number of nitrogens with zero attached hydrogens (tertiary/aromatic N) is 1. The largest absolute Gasteiger partial charge is 0.496 e. The van der Waals surface area contributed by atoms with Crippen LogP contribution in [0.2, 0.25) is 0 Å². The summed E-state index contributed by atoms with van der Waals surface area (Å²) < 4.78 is 32.4. The number of carbonyl (C=O) groups excluding carboxylic acids is 1. The van der Waals surface area contributed by atoms with Crippen LogP contribution in [0.5, 0.6) is 5.75 Å². The van der Waals surface area contributed by atoms with Crippen molar-refractivity contribution in [2.45, 2.75) is 63.3 Å². The molecular formula is C19H30N2O4S. The van der Waals surface area contributed by atoms with Crippen molar-refractivity contribution in [1.82, 2.24) is 9.62 Å². The third-order valence-corrected chi connectivity index (χ3v) is 6.83. The van der Waals surface area contributed by atoms with Gasteiger partial charge >= 0.3 is 0 Å². The molecule has 146 valence electrons. The van der Waals surface area contributed by atoms with E-state index < -0.39 is 10.0 Å². The van der Waals surface area contributed by atoms with Crippen molar-refractivity contribution in [3.8, 4) is 5.75 Å². The number of benzene rings is 1. The van der Waals surface area contributed by atoms with Crippen molar-refractivity contribution in [3.63, 3.8) is 0 Å². The van der Waals surface area contributed by atoms with Crippen molar-refractivity contribution >= 4 is 15.9 Å². The van der Waals surface area contributed by atoms with Gasteiger partial charge < -0.3 is 10.1 Å². The first-order valence-corrected chi connectivity index (χ1v) is 10.6. The molecule has 26 heavy (non-hydrogen) atoms. The fourth-order valence-corrected chi connectivity index (χ4v) is 4.53. The minimum atomic E-state index is -3.48. The van der Waals surface area contributed by atoms with Crippen molar-refractivity contribution in [2.75, 3.05) is 20.2 Å². The molecule has 1 fully saturated rings. The van der Waals surface area contributed by atoms with Gasteiger partial charge in [0.05, 0.1) is 12.0 Å². The standard InChI is InChI=1S/C19H30N2O4S/c1-5-19(2,3)20-18(22)11-8-15-14-16(9-10-17(15)25-4)26(23,24)21-12-6-7-13-21/h9-10,14H,5-8,11-13H2,1-4H3,(H,20,22). The average Bonchev–Trinajstić information content (AvgIpc) is 3.14. The average molecular weight is 383 g/mol. The molecule has 0 radical (unpaired) electrons. The minimum absolute atomic E-state index is 0.0493. The predicted octanol–water partition coefficient (Wildman–Crippen LogP) is 2.72. The first kappa shape index (κ1) is 20.7. The maximum atomic E-state index is 12.8. The topological polar surface area (TPSA) is 75.7 Å². The van der Waals surface area contributed by atoms with Gasteiger partial charge in [0.1, 0.15) is 5.75 Å². The van der Waals surface area contributed by atoms with Gasteiger partial charge in [-0.25, -0.2) is 8.42 Å². The maximum absolute atomic E-state index is 12.8. The molecular weight excluding hydrogens is 352 g/mol.